The number of nitrogens with zero attached hydrogens (tertiary/aromatic N) is 2. The highest BCUT2D eigenvalue weighted by Gasteiger charge is 2.16. The van der Waals surface area contributed by atoms with Crippen LogP contribution in [0.3, 0.4) is 0 Å². The zero-order valence-electron chi connectivity index (χ0n) is 8.01. The quantitative estimate of drug-likeness (QED) is 0.721. The Labute approximate surface area is 83.0 Å². The lowest BCUT2D eigenvalue weighted by molar-refractivity contribution is 0.251. The molecular weight excluding hydrogens is 178 g/mol. The van der Waals surface area contributed by atoms with Crippen LogP contribution in [0.1, 0.15) is 0 Å². The van der Waals surface area contributed by atoms with Gasteiger partial charge in [-0.2, -0.15) is 0 Å². The third-order valence-electron chi connectivity index (χ3n) is 2.16. The molecule has 0 unspecified atom stereocenters. The van der Waals surface area contributed by atoms with E-state index in [9.17, 15) is 0 Å². The van der Waals surface area contributed by atoms with E-state index >= 15 is 0 Å². The van der Waals surface area contributed by atoms with E-state index in [0.717, 1.165) is 11.4 Å². The summed E-state index contributed by atoms with van der Waals surface area (Å²) in [6.45, 7) is 0.0346. The smallest absolute Gasteiger partial charge is 0.0859 e. The molecule has 0 fully saturated rings. The first-order valence-corrected chi connectivity index (χ1v) is 4.47. The van der Waals surface area contributed by atoms with Crippen LogP contribution in [0.2, 0.25) is 0 Å². The molecule has 2 N–H and O–H groups in total. The van der Waals surface area contributed by atoms with Crippen molar-refractivity contribution in [2.24, 2.45) is 0 Å². The van der Waals surface area contributed by atoms with Crippen molar-refractivity contribution in [2.75, 3.05) is 18.7 Å². The van der Waals surface area contributed by atoms with Crippen LogP contribution >= 0.6 is 0 Å². The predicted octanol–water partition coefficient (Wildman–Crippen LogP) is 0.692. The molecule has 1 heterocycles. The van der Waals surface area contributed by atoms with Gasteiger partial charge < -0.3 is 5.11 Å². The summed E-state index contributed by atoms with van der Waals surface area (Å²) in [5.41, 5.74) is 4.97. The molecule has 74 valence electrons. The van der Waals surface area contributed by atoms with Gasteiger partial charge in [0.1, 0.15) is 0 Å². The van der Waals surface area contributed by atoms with Crippen molar-refractivity contribution < 1.29 is 5.11 Å². The molecule has 1 aliphatic heterocycles. The van der Waals surface area contributed by atoms with Gasteiger partial charge in [0.05, 0.1) is 18.0 Å². The van der Waals surface area contributed by atoms with Gasteiger partial charge in [-0.05, 0) is 12.1 Å². The average Bonchev–Trinajstić information content (AvgIpc) is 2.61. The van der Waals surface area contributed by atoms with Gasteiger partial charge in [-0.3, -0.25) is 10.0 Å². The van der Waals surface area contributed by atoms with E-state index in [1.807, 2.05) is 48.6 Å². The number of rotatable bonds is 2. The molecule has 0 spiro atoms. The van der Waals surface area contributed by atoms with Crippen LogP contribution in [0.5, 0.6) is 0 Å². The van der Waals surface area contributed by atoms with Crippen LogP contribution in [0.25, 0.3) is 0 Å². The molecule has 1 aliphatic rings. The fraction of sp³-hybridized carbons (Fsp3) is 0.200. The summed E-state index contributed by atoms with van der Waals surface area (Å²) in [7, 11) is 1.87. The van der Waals surface area contributed by atoms with Crippen molar-refractivity contribution in [1.82, 2.24) is 10.5 Å². The Morgan fingerprint density at radius 1 is 1.29 bits per heavy atom. The van der Waals surface area contributed by atoms with E-state index in [1.54, 1.807) is 5.01 Å². The SMILES string of the molecule is CN1NN(c2ccccc2)C=C1CO. The molecule has 2 rings (SSSR count). The van der Waals surface area contributed by atoms with E-state index in [4.69, 9.17) is 5.11 Å². The number of benzene rings is 1. The zero-order chi connectivity index (χ0) is 9.97. The van der Waals surface area contributed by atoms with Crippen molar-refractivity contribution in [3.63, 3.8) is 0 Å². The van der Waals surface area contributed by atoms with Crippen molar-refractivity contribution in [3.8, 4) is 0 Å². The fourth-order valence-corrected chi connectivity index (χ4v) is 1.36. The summed E-state index contributed by atoms with van der Waals surface area (Å²) in [4.78, 5) is 0. The summed E-state index contributed by atoms with van der Waals surface area (Å²) in [5.74, 6) is 0. The molecule has 14 heavy (non-hydrogen) atoms. The lowest BCUT2D eigenvalue weighted by atomic mass is 10.3. The normalized spacial score (nSPS) is 16.0. The van der Waals surface area contributed by atoms with Crippen molar-refractivity contribution in [2.45, 2.75) is 0 Å². The van der Waals surface area contributed by atoms with Crippen LogP contribution in [0.4, 0.5) is 5.69 Å². The first kappa shape index (κ1) is 9.05. The number of aliphatic hydroxyl groups is 1. The van der Waals surface area contributed by atoms with Crippen molar-refractivity contribution in [3.05, 3.63) is 42.2 Å². The van der Waals surface area contributed by atoms with E-state index in [2.05, 4.69) is 5.53 Å². The molecule has 0 aromatic heterocycles. The molecule has 4 heteroatoms. The highest BCUT2D eigenvalue weighted by molar-refractivity contribution is 5.49. The van der Waals surface area contributed by atoms with Crippen LogP contribution < -0.4 is 10.5 Å². The second kappa shape index (κ2) is 3.69. The van der Waals surface area contributed by atoms with E-state index in [1.165, 1.54) is 0 Å². The minimum Gasteiger partial charge on any atom is -0.390 e. The zero-order valence-corrected chi connectivity index (χ0v) is 8.01. The number of hydrogen-bond acceptors (Lipinski definition) is 4. The van der Waals surface area contributed by atoms with Gasteiger partial charge in [-0.15, -0.1) is 5.53 Å². The lowest BCUT2D eigenvalue weighted by Crippen LogP contribution is -2.38. The standard InChI is InChI=1S/C10H13N3O/c1-12-10(8-14)7-13(11-12)9-5-3-2-4-6-9/h2-7,11,14H,8H2,1H3. The number of hydrogen-bond donors (Lipinski definition) is 2. The number of anilines is 1. The van der Waals surface area contributed by atoms with Crippen LogP contribution in [-0.2, 0) is 0 Å². The minimum atomic E-state index is 0.0346. The Balaban J connectivity index is 2.20. The average molecular weight is 191 g/mol. The highest BCUT2D eigenvalue weighted by Crippen LogP contribution is 2.17. The minimum absolute atomic E-state index is 0.0346. The van der Waals surface area contributed by atoms with Crippen LogP contribution in [0, 0.1) is 0 Å². The summed E-state index contributed by atoms with van der Waals surface area (Å²) < 4.78 is 0. The first-order valence-electron chi connectivity index (χ1n) is 4.47. The maximum Gasteiger partial charge on any atom is 0.0859 e. The predicted molar refractivity (Wildman–Crippen MR) is 55.0 cm³/mol. The molecule has 0 amide bonds. The molecule has 4 nitrogen and oxygen atoms in total. The maximum absolute atomic E-state index is 9.02. The molecule has 0 aliphatic carbocycles. The van der Waals surface area contributed by atoms with E-state index in [-0.39, 0.29) is 6.61 Å². The monoisotopic (exact) mass is 191 g/mol. The summed E-state index contributed by atoms with van der Waals surface area (Å²) in [5, 5.41) is 12.7. The van der Waals surface area contributed by atoms with Gasteiger partial charge in [0.25, 0.3) is 0 Å². The summed E-state index contributed by atoms with van der Waals surface area (Å²) >= 11 is 0. The number of aliphatic hydroxyl groups excluding tert-OH is 1. The summed E-state index contributed by atoms with van der Waals surface area (Å²) in [6.07, 6.45) is 1.87. The lowest BCUT2D eigenvalue weighted by Gasteiger charge is -2.20. The molecule has 1 aromatic rings. The highest BCUT2D eigenvalue weighted by atomic mass is 16.3. The molecule has 0 atom stereocenters. The third-order valence-corrected chi connectivity index (χ3v) is 2.16. The molecule has 0 saturated carbocycles. The maximum atomic E-state index is 9.02. The number of likely N-dealkylation sites (N-methyl/N-ethyl adjacent to an activating group) is 1. The second-order valence-corrected chi connectivity index (χ2v) is 3.14. The number of para-hydroxylation sites is 1. The molecule has 1 aromatic carbocycles. The Morgan fingerprint density at radius 2 is 2.00 bits per heavy atom. The van der Waals surface area contributed by atoms with E-state index in [0.29, 0.717) is 0 Å². The van der Waals surface area contributed by atoms with E-state index < -0.39 is 0 Å². The van der Waals surface area contributed by atoms with Gasteiger partial charge in [0.15, 0.2) is 0 Å². The second-order valence-electron chi connectivity index (χ2n) is 3.14. The van der Waals surface area contributed by atoms with Gasteiger partial charge in [-0.25, -0.2) is 0 Å². The van der Waals surface area contributed by atoms with Gasteiger partial charge in [0.2, 0.25) is 0 Å². The number of hydrazine groups is 2. The van der Waals surface area contributed by atoms with Crippen LogP contribution in [-0.4, -0.2) is 23.8 Å². The van der Waals surface area contributed by atoms with Gasteiger partial charge in [-0.1, -0.05) is 18.2 Å². The largest absolute Gasteiger partial charge is 0.390 e. The third kappa shape index (κ3) is 1.57. The molecule has 0 bridgehead atoms. The molecular formula is C10H13N3O. The molecule has 0 radical (unpaired) electrons. The van der Waals surface area contributed by atoms with Gasteiger partial charge in [0, 0.05) is 13.2 Å². The Morgan fingerprint density at radius 3 is 2.57 bits per heavy atom. The Bertz CT molecular complexity index is 336. The molecule has 0 saturated heterocycles. The van der Waals surface area contributed by atoms with Crippen molar-refractivity contribution in [1.29, 1.82) is 0 Å². The van der Waals surface area contributed by atoms with Gasteiger partial charge >= 0.3 is 0 Å². The number of nitrogens with one attached hydrogen (secondary N) is 1. The topological polar surface area (TPSA) is 38.7 Å². The first-order chi connectivity index (χ1) is 6.81. The Kier molecular flexibility index (Phi) is 2.39. The fourth-order valence-electron chi connectivity index (χ4n) is 1.36. The van der Waals surface area contributed by atoms with Crippen molar-refractivity contribution >= 4 is 5.69 Å². The summed E-state index contributed by atoms with van der Waals surface area (Å²) in [6, 6.07) is 9.92. The Hall–Kier alpha value is -1.52. The van der Waals surface area contributed by atoms with Crippen LogP contribution in [0.15, 0.2) is 42.2 Å².